The summed E-state index contributed by atoms with van der Waals surface area (Å²) in [5.74, 6) is 0.297. The first-order valence-corrected chi connectivity index (χ1v) is 7.80. The zero-order chi connectivity index (χ0) is 16.8. The molecule has 0 radical (unpaired) electrons. The van der Waals surface area contributed by atoms with Crippen molar-refractivity contribution in [2.24, 2.45) is 5.10 Å². The molecule has 23 heavy (non-hydrogen) atoms. The van der Waals surface area contributed by atoms with Gasteiger partial charge in [0.2, 0.25) is 0 Å². The summed E-state index contributed by atoms with van der Waals surface area (Å²) in [5, 5.41) is 13.4. The maximum atomic E-state index is 12.0. The Morgan fingerprint density at radius 3 is 2.78 bits per heavy atom. The molecule has 0 heterocycles. The molecule has 2 aromatic carbocycles. The molecule has 2 rings (SSSR count). The highest BCUT2D eigenvalue weighted by molar-refractivity contribution is 9.10. The Hall–Kier alpha value is -2.34. The van der Waals surface area contributed by atoms with Crippen LogP contribution in [-0.4, -0.2) is 23.3 Å². The number of rotatable bonds is 5. The molecule has 0 saturated carbocycles. The van der Waals surface area contributed by atoms with Crippen LogP contribution in [0.25, 0.3) is 0 Å². The molecule has 0 aliphatic heterocycles. The van der Waals surface area contributed by atoms with Crippen LogP contribution in [0, 0.1) is 6.92 Å². The highest BCUT2D eigenvalue weighted by Crippen LogP contribution is 2.26. The topological polar surface area (TPSA) is 70.9 Å². The molecule has 2 N–H and O–H groups in total. The van der Waals surface area contributed by atoms with E-state index in [0.29, 0.717) is 11.3 Å². The molecule has 0 aromatic heterocycles. The zero-order valence-electron chi connectivity index (χ0n) is 12.8. The molecule has 1 atom stereocenters. The van der Waals surface area contributed by atoms with E-state index in [2.05, 4.69) is 26.5 Å². The highest BCUT2D eigenvalue weighted by Gasteiger charge is 2.15. The van der Waals surface area contributed by atoms with Gasteiger partial charge in [0, 0.05) is 5.56 Å². The van der Waals surface area contributed by atoms with Gasteiger partial charge in [0.1, 0.15) is 11.5 Å². The van der Waals surface area contributed by atoms with Gasteiger partial charge in [-0.3, -0.25) is 4.79 Å². The van der Waals surface area contributed by atoms with Crippen LogP contribution in [0.1, 0.15) is 18.1 Å². The van der Waals surface area contributed by atoms with Gasteiger partial charge in [0.25, 0.3) is 5.91 Å². The minimum absolute atomic E-state index is 0.0957. The summed E-state index contributed by atoms with van der Waals surface area (Å²) in [4.78, 5) is 12.0. The minimum Gasteiger partial charge on any atom is -0.507 e. The smallest absolute Gasteiger partial charge is 0.280 e. The molecular weight excluding hydrogens is 360 g/mol. The first-order valence-electron chi connectivity index (χ1n) is 7.01. The third-order valence-electron chi connectivity index (χ3n) is 3.08. The van der Waals surface area contributed by atoms with Crippen LogP contribution in [0.5, 0.6) is 11.5 Å². The summed E-state index contributed by atoms with van der Waals surface area (Å²) in [5.41, 5.74) is 4.00. The van der Waals surface area contributed by atoms with Gasteiger partial charge in [-0.2, -0.15) is 5.10 Å². The van der Waals surface area contributed by atoms with E-state index in [1.54, 1.807) is 37.3 Å². The summed E-state index contributed by atoms with van der Waals surface area (Å²) < 4.78 is 6.39. The van der Waals surface area contributed by atoms with Crippen LogP contribution in [0.3, 0.4) is 0 Å². The van der Waals surface area contributed by atoms with Crippen LogP contribution >= 0.6 is 15.9 Å². The number of phenolic OH excluding ortho intramolecular Hbond substituents is 1. The molecule has 0 fully saturated rings. The van der Waals surface area contributed by atoms with Crippen molar-refractivity contribution in [3.05, 3.63) is 58.1 Å². The molecule has 0 aliphatic carbocycles. The lowest BCUT2D eigenvalue weighted by atomic mass is 10.2. The molecule has 0 bridgehead atoms. The van der Waals surface area contributed by atoms with E-state index in [0.717, 1.165) is 10.0 Å². The fourth-order valence-electron chi connectivity index (χ4n) is 1.80. The fourth-order valence-corrected chi connectivity index (χ4v) is 2.39. The zero-order valence-corrected chi connectivity index (χ0v) is 14.4. The van der Waals surface area contributed by atoms with E-state index < -0.39 is 6.10 Å². The van der Waals surface area contributed by atoms with Crippen molar-refractivity contribution in [3.63, 3.8) is 0 Å². The maximum absolute atomic E-state index is 12.0. The van der Waals surface area contributed by atoms with Crippen molar-refractivity contribution in [1.82, 2.24) is 5.43 Å². The highest BCUT2D eigenvalue weighted by atomic mass is 79.9. The summed E-state index contributed by atoms with van der Waals surface area (Å²) in [6.07, 6.45) is 0.664. The Bertz CT molecular complexity index is 732. The number of halogens is 1. The molecule has 120 valence electrons. The molecule has 0 spiro atoms. The molecule has 1 amide bonds. The standard InChI is InChI=1S/C17H17BrN2O3/c1-11-7-8-16(14(18)9-11)23-12(2)17(22)20-19-10-13-5-3-4-6-15(13)21/h3-10,12,21H,1-2H3,(H,20,22). The van der Waals surface area contributed by atoms with Gasteiger partial charge in [-0.05, 0) is 59.6 Å². The quantitative estimate of drug-likeness (QED) is 0.620. The Morgan fingerprint density at radius 2 is 2.09 bits per heavy atom. The number of hydrogen-bond donors (Lipinski definition) is 2. The average molecular weight is 377 g/mol. The van der Waals surface area contributed by atoms with Gasteiger partial charge in [0.15, 0.2) is 6.10 Å². The predicted molar refractivity (Wildman–Crippen MR) is 92.8 cm³/mol. The van der Waals surface area contributed by atoms with Crippen molar-refractivity contribution < 1.29 is 14.6 Å². The van der Waals surface area contributed by atoms with E-state index >= 15 is 0 Å². The monoisotopic (exact) mass is 376 g/mol. The number of ether oxygens (including phenoxy) is 1. The van der Waals surface area contributed by atoms with Crippen LogP contribution in [0.15, 0.2) is 52.0 Å². The summed E-state index contributed by atoms with van der Waals surface area (Å²) in [7, 11) is 0. The third-order valence-corrected chi connectivity index (χ3v) is 3.70. The van der Waals surface area contributed by atoms with Crippen LogP contribution in [-0.2, 0) is 4.79 Å². The number of phenols is 1. The number of para-hydroxylation sites is 1. The number of aryl methyl sites for hydroxylation is 1. The number of nitrogens with zero attached hydrogens (tertiary/aromatic N) is 1. The molecule has 5 nitrogen and oxygen atoms in total. The fraction of sp³-hybridized carbons (Fsp3) is 0.176. The lowest BCUT2D eigenvalue weighted by Gasteiger charge is -2.14. The maximum Gasteiger partial charge on any atom is 0.280 e. The number of benzene rings is 2. The SMILES string of the molecule is Cc1ccc(OC(C)C(=O)NN=Cc2ccccc2O)c(Br)c1. The number of hydrogen-bond acceptors (Lipinski definition) is 4. The number of carbonyl (C=O) groups excluding carboxylic acids is 1. The van der Waals surface area contributed by atoms with Gasteiger partial charge in [-0.15, -0.1) is 0 Å². The Morgan fingerprint density at radius 1 is 1.35 bits per heavy atom. The van der Waals surface area contributed by atoms with E-state index in [4.69, 9.17) is 4.74 Å². The summed E-state index contributed by atoms with van der Waals surface area (Å²) in [6, 6.07) is 12.3. The van der Waals surface area contributed by atoms with Gasteiger partial charge in [-0.1, -0.05) is 18.2 Å². The first-order chi connectivity index (χ1) is 11.0. The first kappa shape index (κ1) is 17.0. The third kappa shape index (κ3) is 4.82. The van der Waals surface area contributed by atoms with Crippen molar-refractivity contribution in [1.29, 1.82) is 0 Å². The molecule has 2 aromatic rings. The average Bonchev–Trinajstić information content (AvgIpc) is 2.51. The van der Waals surface area contributed by atoms with Gasteiger partial charge >= 0.3 is 0 Å². The van der Waals surface area contributed by atoms with E-state index in [1.165, 1.54) is 6.21 Å². The normalized spacial score (nSPS) is 12.1. The van der Waals surface area contributed by atoms with E-state index in [-0.39, 0.29) is 11.7 Å². The minimum atomic E-state index is -0.712. The number of hydrazone groups is 1. The van der Waals surface area contributed by atoms with E-state index in [9.17, 15) is 9.90 Å². The number of amides is 1. The van der Waals surface area contributed by atoms with Gasteiger partial charge in [-0.25, -0.2) is 5.43 Å². The second kappa shape index (κ2) is 7.78. The largest absolute Gasteiger partial charge is 0.507 e. The molecule has 6 heteroatoms. The second-order valence-corrected chi connectivity index (χ2v) is 5.84. The predicted octanol–water partition coefficient (Wildman–Crippen LogP) is 3.38. The summed E-state index contributed by atoms with van der Waals surface area (Å²) >= 11 is 3.40. The Labute approximate surface area is 143 Å². The van der Waals surface area contributed by atoms with Crippen LogP contribution in [0.2, 0.25) is 0 Å². The second-order valence-electron chi connectivity index (χ2n) is 4.99. The lowest BCUT2D eigenvalue weighted by molar-refractivity contribution is -0.127. The van der Waals surface area contributed by atoms with Crippen molar-refractivity contribution in [2.45, 2.75) is 20.0 Å². The number of carbonyl (C=O) groups is 1. The Kier molecular flexibility index (Phi) is 5.76. The lowest BCUT2D eigenvalue weighted by Crippen LogP contribution is -2.33. The van der Waals surface area contributed by atoms with Crippen molar-refractivity contribution in [2.75, 3.05) is 0 Å². The van der Waals surface area contributed by atoms with Crippen LogP contribution < -0.4 is 10.2 Å². The Balaban J connectivity index is 1.94. The van der Waals surface area contributed by atoms with Crippen LogP contribution in [0.4, 0.5) is 0 Å². The molecule has 0 saturated heterocycles. The molecule has 0 aliphatic rings. The van der Waals surface area contributed by atoms with Crippen molar-refractivity contribution in [3.8, 4) is 11.5 Å². The van der Waals surface area contributed by atoms with E-state index in [1.807, 2.05) is 19.1 Å². The number of aromatic hydroxyl groups is 1. The van der Waals surface area contributed by atoms with Gasteiger partial charge < -0.3 is 9.84 Å². The molecular formula is C17H17BrN2O3. The summed E-state index contributed by atoms with van der Waals surface area (Å²) in [6.45, 7) is 3.61. The van der Waals surface area contributed by atoms with Crippen molar-refractivity contribution >= 4 is 28.1 Å². The van der Waals surface area contributed by atoms with Gasteiger partial charge in [0.05, 0.1) is 10.7 Å². The number of nitrogens with one attached hydrogen (secondary N) is 1. The molecule has 1 unspecified atom stereocenters.